The molecule has 3 aromatic rings. The van der Waals surface area contributed by atoms with Crippen LogP contribution in [0, 0.1) is 0 Å². The van der Waals surface area contributed by atoms with E-state index in [0.29, 0.717) is 36.9 Å². The Morgan fingerprint density at radius 3 is 2.71 bits per heavy atom. The Labute approximate surface area is 208 Å². The van der Waals surface area contributed by atoms with E-state index in [4.69, 9.17) is 14.5 Å². The summed E-state index contributed by atoms with van der Waals surface area (Å²) in [5.74, 6) is 0.540. The smallest absolute Gasteiger partial charge is 0.270 e. The van der Waals surface area contributed by atoms with Gasteiger partial charge in [-0.3, -0.25) is 14.5 Å². The summed E-state index contributed by atoms with van der Waals surface area (Å²) >= 11 is 1.51. The minimum Gasteiger partial charge on any atom is -0.495 e. The number of aromatic nitrogens is 2. The number of H-pyrrole nitrogens is 1. The van der Waals surface area contributed by atoms with Crippen LogP contribution in [0.2, 0.25) is 0 Å². The summed E-state index contributed by atoms with van der Waals surface area (Å²) in [6, 6.07) is 7.52. The molecule has 0 bridgehead atoms. The molecule has 184 valence electrons. The summed E-state index contributed by atoms with van der Waals surface area (Å²) < 4.78 is 10.8. The summed E-state index contributed by atoms with van der Waals surface area (Å²) in [5.41, 5.74) is 3.76. The van der Waals surface area contributed by atoms with Crippen molar-refractivity contribution in [3.05, 3.63) is 41.5 Å². The fraction of sp³-hybridized carbons (Fsp3) is 0.400. The number of morpholine rings is 1. The molecule has 0 saturated carbocycles. The molecular formula is C25H29N5O4S. The number of carbonyl (C=O) groups is 2. The third-order valence-electron chi connectivity index (χ3n) is 6.30. The van der Waals surface area contributed by atoms with Crippen molar-refractivity contribution in [1.82, 2.24) is 19.8 Å². The van der Waals surface area contributed by atoms with Crippen molar-refractivity contribution in [2.24, 2.45) is 0 Å². The molecule has 2 fully saturated rings. The lowest BCUT2D eigenvalue weighted by Crippen LogP contribution is -2.41. The third-order valence-corrected chi connectivity index (χ3v) is 7.19. The first-order valence-electron chi connectivity index (χ1n) is 11.8. The normalized spacial score (nSPS) is 16.4. The van der Waals surface area contributed by atoms with E-state index in [1.54, 1.807) is 7.11 Å². The lowest BCUT2D eigenvalue weighted by Gasteiger charge is -2.25. The molecule has 0 atom stereocenters. The van der Waals surface area contributed by atoms with E-state index in [2.05, 4.69) is 15.2 Å². The number of rotatable bonds is 7. The van der Waals surface area contributed by atoms with Crippen molar-refractivity contribution in [2.75, 3.05) is 58.4 Å². The van der Waals surface area contributed by atoms with Crippen LogP contribution in [-0.4, -0.2) is 84.6 Å². The average molecular weight is 496 g/mol. The highest BCUT2D eigenvalue weighted by atomic mass is 32.1. The molecule has 4 heterocycles. The molecule has 1 aromatic carbocycles. The topological polar surface area (TPSA) is 99.8 Å². The van der Waals surface area contributed by atoms with Crippen LogP contribution in [-0.2, 0) is 9.53 Å². The molecule has 2 amide bonds. The van der Waals surface area contributed by atoms with Gasteiger partial charge in [-0.25, -0.2) is 4.98 Å². The molecule has 0 spiro atoms. The maximum absolute atomic E-state index is 12.7. The van der Waals surface area contributed by atoms with Gasteiger partial charge in [0, 0.05) is 48.9 Å². The van der Waals surface area contributed by atoms with Crippen molar-refractivity contribution in [1.29, 1.82) is 0 Å². The lowest BCUT2D eigenvalue weighted by molar-refractivity contribution is -0.118. The molecule has 35 heavy (non-hydrogen) atoms. The van der Waals surface area contributed by atoms with E-state index < -0.39 is 0 Å². The summed E-state index contributed by atoms with van der Waals surface area (Å²) in [4.78, 5) is 37.1. The number of carbonyl (C=O) groups excluding carboxylic acids is 2. The van der Waals surface area contributed by atoms with Crippen LogP contribution in [0.1, 0.15) is 23.3 Å². The largest absolute Gasteiger partial charge is 0.495 e. The van der Waals surface area contributed by atoms with Gasteiger partial charge in [0.05, 0.1) is 38.2 Å². The van der Waals surface area contributed by atoms with Gasteiger partial charge in [0.2, 0.25) is 5.91 Å². The predicted molar refractivity (Wildman–Crippen MR) is 135 cm³/mol. The summed E-state index contributed by atoms with van der Waals surface area (Å²) in [6.45, 7) is 4.73. The second kappa shape index (κ2) is 10.6. The highest BCUT2D eigenvalue weighted by Crippen LogP contribution is 2.34. The van der Waals surface area contributed by atoms with Gasteiger partial charge in [0.25, 0.3) is 5.91 Å². The van der Waals surface area contributed by atoms with Gasteiger partial charge in [-0.15, -0.1) is 11.3 Å². The summed E-state index contributed by atoms with van der Waals surface area (Å²) in [5, 5.41) is 5.78. The number of anilines is 1. The molecule has 0 radical (unpaired) electrons. The maximum atomic E-state index is 12.7. The molecule has 2 aliphatic rings. The molecule has 2 aliphatic heterocycles. The van der Waals surface area contributed by atoms with Crippen molar-refractivity contribution < 1.29 is 19.1 Å². The zero-order chi connectivity index (χ0) is 24.2. The number of methoxy groups -OCH3 is 1. The van der Waals surface area contributed by atoms with Gasteiger partial charge in [0.15, 0.2) is 0 Å². The summed E-state index contributed by atoms with van der Waals surface area (Å²) in [6.07, 6.45) is 3.95. The van der Waals surface area contributed by atoms with Gasteiger partial charge in [-0.1, -0.05) is 0 Å². The highest BCUT2D eigenvalue weighted by Gasteiger charge is 2.21. The number of nitrogens with one attached hydrogen (secondary N) is 2. The molecule has 2 aromatic heterocycles. The molecule has 2 saturated heterocycles. The quantitative estimate of drug-likeness (QED) is 0.522. The molecule has 10 heteroatoms. The second-order valence-electron chi connectivity index (χ2n) is 8.69. The first kappa shape index (κ1) is 23.5. The molecule has 5 rings (SSSR count). The summed E-state index contributed by atoms with van der Waals surface area (Å²) in [7, 11) is 1.58. The zero-order valence-corrected chi connectivity index (χ0v) is 20.5. The minimum atomic E-state index is -0.0929. The number of hydrogen-bond acceptors (Lipinski definition) is 7. The highest BCUT2D eigenvalue weighted by molar-refractivity contribution is 7.13. The third kappa shape index (κ3) is 5.39. The van der Waals surface area contributed by atoms with E-state index in [0.717, 1.165) is 60.8 Å². The second-order valence-corrected chi connectivity index (χ2v) is 9.55. The predicted octanol–water partition coefficient (Wildman–Crippen LogP) is 3.32. The van der Waals surface area contributed by atoms with Crippen LogP contribution in [0.4, 0.5) is 5.69 Å². The monoisotopic (exact) mass is 495 g/mol. The van der Waals surface area contributed by atoms with Gasteiger partial charge in [0.1, 0.15) is 16.5 Å². The molecular weight excluding hydrogens is 466 g/mol. The minimum absolute atomic E-state index is 0.0387. The average Bonchev–Trinajstić information content (AvgIpc) is 3.66. The lowest BCUT2D eigenvalue weighted by atomic mass is 10.2. The zero-order valence-electron chi connectivity index (χ0n) is 19.7. The van der Waals surface area contributed by atoms with Crippen molar-refractivity contribution in [3.8, 4) is 27.6 Å². The number of benzene rings is 1. The first-order chi connectivity index (χ1) is 17.1. The van der Waals surface area contributed by atoms with Crippen LogP contribution >= 0.6 is 11.3 Å². The Balaban J connectivity index is 1.30. The molecule has 9 nitrogen and oxygen atoms in total. The van der Waals surface area contributed by atoms with Crippen LogP contribution in [0.15, 0.2) is 35.8 Å². The number of thiazole rings is 1. The number of nitrogens with zero attached hydrogens (tertiary/aromatic N) is 3. The fourth-order valence-corrected chi connectivity index (χ4v) is 5.21. The molecule has 0 unspecified atom stereocenters. The Kier molecular flexibility index (Phi) is 7.12. The number of likely N-dealkylation sites (tertiary alicyclic amines) is 1. The van der Waals surface area contributed by atoms with E-state index in [9.17, 15) is 9.59 Å². The maximum Gasteiger partial charge on any atom is 0.270 e. The standard InChI is InChI=1S/C25H29N5O4S/c1-33-22-5-4-17(12-19(22)27-23(31)15-29-8-10-34-11-9-29)24-28-21(16-35-24)18-13-20(26-14-18)25(32)30-6-2-3-7-30/h4-5,12-14,16,26H,2-3,6-11,15H2,1H3,(H,27,31). The number of aromatic amines is 1. The number of hydrogen-bond donors (Lipinski definition) is 2. The molecule has 2 N–H and O–H groups in total. The fourth-order valence-electron chi connectivity index (χ4n) is 4.39. The number of amides is 2. The first-order valence-corrected chi connectivity index (χ1v) is 12.7. The van der Waals surface area contributed by atoms with Crippen LogP contribution < -0.4 is 10.1 Å². The molecule has 0 aliphatic carbocycles. The van der Waals surface area contributed by atoms with Gasteiger partial charge < -0.3 is 24.7 Å². The van der Waals surface area contributed by atoms with E-state index in [1.165, 1.54) is 11.3 Å². The van der Waals surface area contributed by atoms with Gasteiger partial charge >= 0.3 is 0 Å². The van der Waals surface area contributed by atoms with Crippen molar-refractivity contribution >= 4 is 28.8 Å². The SMILES string of the molecule is COc1ccc(-c2nc(-c3c[nH]c(C(=O)N4CCCC4)c3)cs2)cc1NC(=O)CN1CCOCC1. The van der Waals surface area contributed by atoms with E-state index in [1.807, 2.05) is 40.7 Å². The van der Waals surface area contributed by atoms with Gasteiger partial charge in [-0.2, -0.15) is 0 Å². The number of ether oxygens (including phenoxy) is 2. The Bertz CT molecular complexity index is 1190. The Hall–Kier alpha value is -3.21. The van der Waals surface area contributed by atoms with Gasteiger partial charge in [-0.05, 0) is 37.1 Å². The van der Waals surface area contributed by atoms with Crippen molar-refractivity contribution in [2.45, 2.75) is 12.8 Å². The van der Waals surface area contributed by atoms with Crippen LogP contribution in [0.3, 0.4) is 0 Å². The van der Waals surface area contributed by atoms with E-state index in [-0.39, 0.29) is 11.8 Å². The van der Waals surface area contributed by atoms with Crippen LogP contribution in [0.25, 0.3) is 21.8 Å². The van der Waals surface area contributed by atoms with E-state index >= 15 is 0 Å². The van der Waals surface area contributed by atoms with Crippen molar-refractivity contribution in [3.63, 3.8) is 0 Å². The van der Waals surface area contributed by atoms with Crippen LogP contribution in [0.5, 0.6) is 5.75 Å². The Morgan fingerprint density at radius 1 is 1.14 bits per heavy atom. The Morgan fingerprint density at radius 2 is 1.94 bits per heavy atom.